The normalized spacial score (nSPS) is 19.8. The average Bonchev–Trinajstić information content (AvgIpc) is 2.56. The van der Waals surface area contributed by atoms with E-state index in [1.54, 1.807) is 26.2 Å². The average molecular weight is 429 g/mol. The third-order valence-electron chi connectivity index (χ3n) is 3.30. The molecule has 1 heterocycles. The number of halogens is 3. The van der Waals surface area contributed by atoms with Crippen molar-refractivity contribution in [2.45, 2.75) is 64.5 Å². The molecular formula is C16H26F3N3O7. The first kappa shape index (κ1) is 24.8. The summed E-state index contributed by atoms with van der Waals surface area (Å²) < 4.78 is 52.2. The molecule has 13 heteroatoms. The van der Waals surface area contributed by atoms with Gasteiger partial charge in [0.25, 0.3) is 5.91 Å². The van der Waals surface area contributed by atoms with Gasteiger partial charge in [-0.2, -0.15) is 13.2 Å². The molecule has 0 aliphatic carbocycles. The van der Waals surface area contributed by atoms with Gasteiger partial charge < -0.3 is 19.5 Å². The first-order valence-corrected chi connectivity index (χ1v) is 8.89. The molecule has 2 N–H and O–H groups in total. The molecule has 1 aliphatic rings. The third kappa shape index (κ3) is 10.2. The molecular weight excluding hydrogens is 403 g/mol. The van der Waals surface area contributed by atoms with Crippen molar-refractivity contribution < 1.29 is 46.6 Å². The highest BCUT2D eigenvalue weighted by atomic mass is 19.4. The molecule has 2 atom stereocenters. The van der Waals surface area contributed by atoms with E-state index >= 15 is 0 Å². The van der Waals surface area contributed by atoms with E-state index in [-0.39, 0.29) is 24.8 Å². The molecule has 0 aromatic heterocycles. The fourth-order valence-electron chi connectivity index (χ4n) is 2.20. The van der Waals surface area contributed by atoms with Crippen LogP contribution >= 0.6 is 0 Å². The topological polar surface area (TPSA) is 115 Å². The maximum Gasteiger partial charge on any atom is 0.428 e. The number of alkyl halides is 3. The molecule has 1 fully saturated rings. The summed E-state index contributed by atoms with van der Waals surface area (Å²) in [5.41, 5.74) is 1.10. The number of carbonyl (C=O) groups is 3. The van der Waals surface area contributed by atoms with E-state index in [0.29, 0.717) is 6.42 Å². The Morgan fingerprint density at radius 1 is 1.14 bits per heavy atom. The molecule has 1 rings (SSSR count). The van der Waals surface area contributed by atoms with Gasteiger partial charge in [-0.1, -0.05) is 0 Å². The number of rotatable bonds is 5. The van der Waals surface area contributed by atoms with Crippen LogP contribution in [0.15, 0.2) is 0 Å². The van der Waals surface area contributed by atoms with Crippen LogP contribution in [0.3, 0.4) is 0 Å². The minimum atomic E-state index is -4.73. The van der Waals surface area contributed by atoms with Gasteiger partial charge in [0.05, 0.1) is 19.3 Å². The lowest BCUT2D eigenvalue weighted by atomic mass is 10.0. The minimum Gasteiger partial charge on any atom is -0.449 e. The second-order valence-electron chi connectivity index (χ2n) is 7.10. The number of nitrogens with one attached hydrogen (secondary N) is 2. The van der Waals surface area contributed by atoms with Crippen LogP contribution in [0.2, 0.25) is 0 Å². The highest BCUT2D eigenvalue weighted by Crippen LogP contribution is 2.19. The van der Waals surface area contributed by atoms with Crippen LogP contribution in [0.25, 0.3) is 0 Å². The van der Waals surface area contributed by atoms with E-state index in [2.05, 4.69) is 14.9 Å². The van der Waals surface area contributed by atoms with Crippen molar-refractivity contribution in [3.8, 4) is 0 Å². The Morgan fingerprint density at radius 3 is 2.28 bits per heavy atom. The summed E-state index contributed by atoms with van der Waals surface area (Å²) in [6, 6.07) is -0.448. The first-order chi connectivity index (χ1) is 13.3. The van der Waals surface area contributed by atoms with Crippen LogP contribution in [0.5, 0.6) is 0 Å². The minimum absolute atomic E-state index is 0.0533. The molecule has 0 radical (unpaired) electrons. The molecule has 0 bridgehead atoms. The Labute approximate surface area is 165 Å². The van der Waals surface area contributed by atoms with Crippen LogP contribution in [-0.4, -0.2) is 67.0 Å². The van der Waals surface area contributed by atoms with Gasteiger partial charge in [-0.25, -0.2) is 19.9 Å². The maximum absolute atomic E-state index is 12.4. The molecule has 10 nitrogen and oxygen atoms in total. The SMILES string of the molecule is CCOC(=O)NN(OCC(F)(F)F)C(=O)[C@@H]1CC[C@@H](NC(=O)OC(C)(C)C)CO1. The Bertz CT molecular complexity index is 573. The van der Waals surface area contributed by atoms with Crippen LogP contribution in [-0.2, 0) is 23.8 Å². The van der Waals surface area contributed by atoms with E-state index in [1.807, 2.05) is 0 Å². The second kappa shape index (κ2) is 10.5. The monoisotopic (exact) mass is 429 g/mol. The Morgan fingerprint density at radius 2 is 1.79 bits per heavy atom. The fourth-order valence-corrected chi connectivity index (χ4v) is 2.20. The summed E-state index contributed by atoms with van der Waals surface area (Å²) in [5.74, 6) is -1.04. The summed E-state index contributed by atoms with van der Waals surface area (Å²) in [4.78, 5) is 40.0. The van der Waals surface area contributed by atoms with Crippen molar-refractivity contribution in [3.63, 3.8) is 0 Å². The summed E-state index contributed by atoms with van der Waals surface area (Å²) in [7, 11) is 0. The Balaban J connectivity index is 2.61. The quantitative estimate of drug-likeness (QED) is 0.643. The largest absolute Gasteiger partial charge is 0.449 e. The number of nitrogens with zero attached hydrogens (tertiary/aromatic N) is 1. The van der Waals surface area contributed by atoms with Crippen LogP contribution in [0.1, 0.15) is 40.5 Å². The third-order valence-corrected chi connectivity index (χ3v) is 3.30. The zero-order valence-corrected chi connectivity index (χ0v) is 16.6. The molecule has 0 saturated carbocycles. The molecule has 0 aromatic carbocycles. The zero-order valence-electron chi connectivity index (χ0n) is 16.6. The number of hydrogen-bond donors (Lipinski definition) is 2. The predicted octanol–water partition coefficient (Wildman–Crippen LogP) is 2.04. The standard InChI is InChI=1S/C16H26F3N3O7/c1-5-26-14(25)21-22(28-9-16(17,18)19)12(23)11-7-6-10(8-27-11)20-13(24)29-15(2,3)4/h10-11H,5-9H2,1-4H3,(H,20,24)(H,21,25)/t10-,11+/m1/s1. The number of hydrazine groups is 1. The van der Waals surface area contributed by atoms with Crippen LogP contribution < -0.4 is 10.7 Å². The number of carbonyl (C=O) groups excluding carboxylic acids is 3. The van der Waals surface area contributed by atoms with Crippen molar-refractivity contribution in [2.24, 2.45) is 0 Å². The highest BCUT2D eigenvalue weighted by molar-refractivity contribution is 5.82. The van der Waals surface area contributed by atoms with Gasteiger partial charge in [0.2, 0.25) is 0 Å². The lowest BCUT2D eigenvalue weighted by Crippen LogP contribution is -2.54. The first-order valence-electron chi connectivity index (χ1n) is 8.89. The van der Waals surface area contributed by atoms with Gasteiger partial charge in [-0.05, 0) is 40.5 Å². The van der Waals surface area contributed by atoms with Gasteiger partial charge in [0.15, 0.2) is 6.61 Å². The molecule has 1 saturated heterocycles. The predicted molar refractivity (Wildman–Crippen MR) is 91.1 cm³/mol. The van der Waals surface area contributed by atoms with E-state index in [4.69, 9.17) is 9.47 Å². The zero-order chi connectivity index (χ0) is 22.2. The van der Waals surface area contributed by atoms with Crippen LogP contribution in [0.4, 0.5) is 22.8 Å². The van der Waals surface area contributed by atoms with E-state index in [9.17, 15) is 27.6 Å². The van der Waals surface area contributed by atoms with Crippen molar-refractivity contribution in [3.05, 3.63) is 0 Å². The number of alkyl carbamates (subject to hydrolysis) is 1. The molecule has 29 heavy (non-hydrogen) atoms. The van der Waals surface area contributed by atoms with E-state index in [1.165, 1.54) is 6.92 Å². The van der Waals surface area contributed by atoms with E-state index in [0.717, 1.165) is 0 Å². The van der Waals surface area contributed by atoms with Gasteiger partial charge in [0.1, 0.15) is 11.7 Å². The van der Waals surface area contributed by atoms with Crippen LogP contribution in [0, 0.1) is 0 Å². The van der Waals surface area contributed by atoms with E-state index < -0.39 is 48.6 Å². The lowest BCUT2D eigenvalue weighted by Gasteiger charge is -2.32. The Kier molecular flexibility index (Phi) is 8.95. The number of hydrogen-bond acceptors (Lipinski definition) is 7. The fraction of sp³-hybridized carbons (Fsp3) is 0.812. The van der Waals surface area contributed by atoms with Gasteiger partial charge >= 0.3 is 18.4 Å². The van der Waals surface area contributed by atoms with Crippen molar-refractivity contribution in [1.29, 1.82) is 0 Å². The number of amides is 3. The lowest BCUT2D eigenvalue weighted by molar-refractivity contribution is -0.263. The summed E-state index contributed by atoms with van der Waals surface area (Å²) >= 11 is 0. The van der Waals surface area contributed by atoms with Crippen molar-refractivity contribution >= 4 is 18.1 Å². The number of hydroxylamine groups is 1. The van der Waals surface area contributed by atoms with Gasteiger partial charge in [0, 0.05) is 0 Å². The van der Waals surface area contributed by atoms with Gasteiger partial charge in [-0.15, -0.1) is 5.17 Å². The summed E-state index contributed by atoms with van der Waals surface area (Å²) in [6.07, 6.45) is -7.37. The smallest absolute Gasteiger partial charge is 0.428 e. The summed E-state index contributed by atoms with van der Waals surface area (Å²) in [6.45, 7) is 4.62. The molecule has 3 amide bonds. The van der Waals surface area contributed by atoms with Crippen molar-refractivity contribution in [2.75, 3.05) is 19.8 Å². The molecule has 1 aliphatic heterocycles. The molecule has 0 aromatic rings. The Hall–Kier alpha value is -2.28. The maximum atomic E-state index is 12.4. The molecule has 168 valence electrons. The molecule has 0 spiro atoms. The summed E-state index contributed by atoms with van der Waals surface area (Å²) in [5, 5.41) is 2.63. The van der Waals surface area contributed by atoms with Crippen molar-refractivity contribution in [1.82, 2.24) is 15.9 Å². The van der Waals surface area contributed by atoms with Gasteiger partial charge in [-0.3, -0.25) is 4.79 Å². The second-order valence-corrected chi connectivity index (χ2v) is 7.10. The number of ether oxygens (including phenoxy) is 3. The molecule has 0 unspecified atom stereocenters. The highest BCUT2D eigenvalue weighted by Gasteiger charge is 2.36.